The van der Waals surface area contributed by atoms with E-state index in [0.29, 0.717) is 12.5 Å². The molecule has 0 saturated carbocycles. The minimum absolute atomic E-state index is 0.267. The lowest BCUT2D eigenvalue weighted by Crippen LogP contribution is -2.31. The lowest BCUT2D eigenvalue weighted by Gasteiger charge is -2.14. The quantitative estimate of drug-likeness (QED) is 0.576. The Morgan fingerprint density at radius 1 is 1.40 bits per heavy atom. The molecule has 1 saturated heterocycles. The maximum atomic E-state index is 7.27. The van der Waals surface area contributed by atoms with Crippen molar-refractivity contribution in [3.63, 3.8) is 0 Å². The number of nitrogens with two attached hydrogens (primary N) is 1. The van der Waals surface area contributed by atoms with Crippen LogP contribution in [-0.4, -0.2) is 30.4 Å². The normalized spacial score (nSPS) is 21.7. The molecule has 1 aliphatic heterocycles. The number of hydrogen-bond acceptors (Lipinski definition) is 2. The minimum Gasteiger partial charge on any atom is -0.387 e. The Bertz CT molecular complexity index is 334. The predicted molar refractivity (Wildman–Crippen MR) is 62.2 cm³/mol. The van der Waals surface area contributed by atoms with Gasteiger partial charge >= 0.3 is 0 Å². The van der Waals surface area contributed by atoms with Crippen molar-refractivity contribution in [3.8, 4) is 0 Å². The maximum Gasteiger partial charge on any atom is 0.105 e. The van der Waals surface area contributed by atoms with Crippen molar-refractivity contribution in [2.24, 2.45) is 5.73 Å². The van der Waals surface area contributed by atoms with Gasteiger partial charge in [0.1, 0.15) is 5.84 Å². The van der Waals surface area contributed by atoms with E-state index in [-0.39, 0.29) is 5.84 Å². The fraction of sp³-hybridized carbons (Fsp3) is 0.417. The smallest absolute Gasteiger partial charge is 0.105 e. The van der Waals surface area contributed by atoms with Crippen molar-refractivity contribution >= 4 is 5.84 Å². The van der Waals surface area contributed by atoms with Gasteiger partial charge in [0.15, 0.2) is 0 Å². The van der Waals surface area contributed by atoms with E-state index in [1.165, 1.54) is 12.0 Å². The number of benzene rings is 1. The molecular formula is C12H17N3. The highest BCUT2D eigenvalue weighted by Gasteiger charge is 2.23. The van der Waals surface area contributed by atoms with E-state index in [4.69, 9.17) is 11.1 Å². The van der Waals surface area contributed by atoms with Crippen LogP contribution < -0.4 is 5.73 Å². The lowest BCUT2D eigenvalue weighted by molar-refractivity contribution is 0.381. The summed E-state index contributed by atoms with van der Waals surface area (Å²) >= 11 is 0. The van der Waals surface area contributed by atoms with Crippen molar-refractivity contribution in [2.75, 3.05) is 19.6 Å². The van der Waals surface area contributed by atoms with Crippen LogP contribution in [0.4, 0.5) is 0 Å². The first kappa shape index (κ1) is 10.2. The first-order valence-electron chi connectivity index (χ1n) is 5.36. The Balaban J connectivity index is 1.96. The first-order valence-corrected chi connectivity index (χ1v) is 5.36. The molecule has 3 heteroatoms. The molecule has 0 aliphatic carbocycles. The molecule has 1 aliphatic rings. The molecule has 1 heterocycles. The highest BCUT2D eigenvalue weighted by molar-refractivity contribution is 5.78. The van der Waals surface area contributed by atoms with Crippen LogP contribution in [0, 0.1) is 5.41 Å². The van der Waals surface area contributed by atoms with E-state index < -0.39 is 0 Å². The Labute approximate surface area is 90.4 Å². The van der Waals surface area contributed by atoms with Gasteiger partial charge in [0.05, 0.1) is 6.54 Å². The third-order valence-electron chi connectivity index (χ3n) is 2.94. The molecule has 3 nitrogen and oxygen atoms in total. The third kappa shape index (κ3) is 2.57. The van der Waals surface area contributed by atoms with Crippen LogP contribution in [0.25, 0.3) is 0 Å². The summed E-state index contributed by atoms with van der Waals surface area (Å²) in [6.45, 7) is 2.70. The molecule has 1 aromatic carbocycles. The molecule has 0 bridgehead atoms. The van der Waals surface area contributed by atoms with Crippen LogP contribution in [0.2, 0.25) is 0 Å². The second-order valence-electron chi connectivity index (χ2n) is 4.16. The van der Waals surface area contributed by atoms with Gasteiger partial charge in [-0.2, -0.15) is 0 Å². The maximum absolute atomic E-state index is 7.27. The molecule has 0 spiro atoms. The number of hydrogen-bond donors (Lipinski definition) is 2. The van der Waals surface area contributed by atoms with Crippen molar-refractivity contribution in [1.82, 2.24) is 4.90 Å². The summed E-state index contributed by atoms with van der Waals surface area (Å²) in [6.07, 6.45) is 1.18. The van der Waals surface area contributed by atoms with Crippen LogP contribution in [0.3, 0.4) is 0 Å². The highest BCUT2D eigenvalue weighted by Crippen LogP contribution is 2.26. The van der Waals surface area contributed by atoms with E-state index >= 15 is 0 Å². The Morgan fingerprint density at radius 3 is 2.80 bits per heavy atom. The molecule has 1 fully saturated rings. The molecule has 0 radical (unpaired) electrons. The summed E-state index contributed by atoms with van der Waals surface area (Å²) in [5, 5.41) is 7.27. The number of nitrogens with one attached hydrogen (secondary N) is 1. The molecule has 80 valence electrons. The van der Waals surface area contributed by atoms with E-state index in [9.17, 15) is 0 Å². The molecule has 15 heavy (non-hydrogen) atoms. The van der Waals surface area contributed by atoms with Gasteiger partial charge in [-0.25, -0.2) is 0 Å². The van der Waals surface area contributed by atoms with E-state index in [1.54, 1.807) is 0 Å². The molecule has 1 atom stereocenters. The first-order chi connectivity index (χ1) is 7.25. The molecule has 1 unspecified atom stereocenters. The van der Waals surface area contributed by atoms with Crippen LogP contribution in [0.15, 0.2) is 30.3 Å². The lowest BCUT2D eigenvalue weighted by atomic mass is 9.99. The molecule has 1 aromatic rings. The molecule has 0 aromatic heterocycles. The van der Waals surface area contributed by atoms with Crippen molar-refractivity contribution < 1.29 is 0 Å². The fourth-order valence-corrected chi connectivity index (χ4v) is 2.21. The topological polar surface area (TPSA) is 53.1 Å². The number of nitrogens with zero attached hydrogens (tertiary/aromatic N) is 1. The summed E-state index contributed by atoms with van der Waals surface area (Å²) < 4.78 is 0. The fourth-order valence-electron chi connectivity index (χ4n) is 2.21. The Morgan fingerprint density at radius 2 is 2.13 bits per heavy atom. The average Bonchev–Trinajstić information content (AvgIpc) is 2.67. The molecule has 3 N–H and O–H groups in total. The highest BCUT2D eigenvalue weighted by atomic mass is 15.2. The van der Waals surface area contributed by atoms with Gasteiger partial charge in [0.25, 0.3) is 0 Å². The Hall–Kier alpha value is -1.35. The van der Waals surface area contributed by atoms with Crippen LogP contribution in [0.1, 0.15) is 17.9 Å². The summed E-state index contributed by atoms with van der Waals surface area (Å²) in [5.41, 5.74) is 6.80. The Kier molecular flexibility index (Phi) is 3.02. The third-order valence-corrected chi connectivity index (χ3v) is 2.94. The van der Waals surface area contributed by atoms with Gasteiger partial charge in [0.2, 0.25) is 0 Å². The van der Waals surface area contributed by atoms with Gasteiger partial charge in [-0.1, -0.05) is 30.3 Å². The summed E-state index contributed by atoms with van der Waals surface area (Å²) in [6, 6.07) is 10.6. The largest absolute Gasteiger partial charge is 0.387 e. The minimum atomic E-state index is 0.267. The molecular weight excluding hydrogens is 186 g/mol. The zero-order valence-corrected chi connectivity index (χ0v) is 8.82. The molecule has 0 amide bonds. The van der Waals surface area contributed by atoms with Crippen LogP contribution in [0.5, 0.6) is 0 Å². The number of amidine groups is 1. The van der Waals surface area contributed by atoms with Crippen LogP contribution in [-0.2, 0) is 0 Å². The summed E-state index contributed by atoms with van der Waals surface area (Å²) in [7, 11) is 0. The predicted octanol–water partition coefficient (Wildman–Crippen LogP) is 1.41. The van der Waals surface area contributed by atoms with Gasteiger partial charge in [-0.15, -0.1) is 0 Å². The van der Waals surface area contributed by atoms with Gasteiger partial charge in [-0.3, -0.25) is 10.3 Å². The van der Waals surface area contributed by atoms with Crippen molar-refractivity contribution in [2.45, 2.75) is 12.3 Å². The van der Waals surface area contributed by atoms with E-state index in [1.807, 2.05) is 6.07 Å². The average molecular weight is 203 g/mol. The number of rotatable bonds is 3. The zero-order chi connectivity index (χ0) is 10.7. The van der Waals surface area contributed by atoms with Crippen LogP contribution >= 0.6 is 0 Å². The number of likely N-dealkylation sites (tertiary alicyclic amines) is 1. The van der Waals surface area contributed by atoms with Gasteiger partial charge < -0.3 is 5.73 Å². The SMILES string of the molecule is N=C(N)CN1CCC(c2ccccc2)C1. The second-order valence-corrected chi connectivity index (χ2v) is 4.16. The monoisotopic (exact) mass is 203 g/mol. The second kappa shape index (κ2) is 4.45. The molecule has 2 rings (SSSR count). The van der Waals surface area contributed by atoms with Gasteiger partial charge in [-0.05, 0) is 24.4 Å². The van der Waals surface area contributed by atoms with Crippen molar-refractivity contribution in [1.29, 1.82) is 5.41 Å². The zero-order valence-electron chi connectivity index (χ0n) is 8.82. The van der Waals surface area contributed by atoms with Gasteiger partial charge in [0, 0.05) is 6.54 Å². The van der Waals surface area contributed by atoms with E-state index in [0.717, 1.165) is 13.1 Å². The summed E-state index contributed by atoms with van der Waals surface area (Å²) in [4.78, 5) is 2.25. The van der Waals surface area contributed by atoms with E-state index in [2.05, 4.69) is 29.2 Å². The van der Waals surface area contributed by atoms with Crippen molar-refractivity contribution in [3.05, 3.63) is 35.9 Å². The standard InChI is InChI=1S/C12H17N3/c13-12(14)9-15-7-6-11(8-15)10-4-2-1-3-5-10/h1-5,11H,6-9H2,(H3,13,14). The summed E-state index contributed by atoms with van der Waals surface area (Å²) in [5.74, 6) is 0.884.